The van der Waals surface area contributed by atoms with E-state index >= 15 is 0 Å². The first-order chi connectivity index (χ1) is 5.24. The molecule has 0 bridgehead atoms. The van der Waals surface area contributed by atoms with Gasteiger partial charge in [-0.05, 0) is 27.7 Å². The summed E-state index contributed by atoms with van der Waals surface area (Å²) in [5.74, 6) is -0.445. The van der Waals surface area contributed by atoms with Crippen molar-refractivity contribution in [1.82, 2.24) is 5.32 Å². The van der Waals surface area contributed by atoms with Gasteiger partial charge in [-0.1, -0.05) is 6.58 Å². The number of nitrogens with two attached hydrogens (primary N) is 1. The second-order valence-electron chi connectivity index (χ2n) is 4.01. The van der Waals surface area contributed by atoms with Crippen LogP contribution in [0.1, 0.15) is 27.7 Å². The molecule has 0 fully saturated rings. The molecule has 0 radical (unpaired) electrons. The minimum atomic E-state index is -0.445. The van der Waals surface area contributed by atoms with Gasteiger partial charge in [0.2, 0.25) is 5.91 Å². The smallest absolute Gasteiger partial charge is 0.245 e. The van der Waals surface area contributed by atoms with Crippen LogP contribution < -0.4 is 11.1 Å². The third kappa shape index (κ3) is 4.13. The van der Waals surface area contributed by atoms with Gasteiger partial charge in [-0.25, -0.2) is 0 Å². The molecule has 3 heteroatoms. The Morgan fingerprint density at radius 1 is 1.50 bits per heavy atom. The lowest BCUT2D eigenvalue weighted by molar-refractivity contribution is -0.114. The average Bonchev–Trinajstić information content (AvgIpc) is 1.82. The molecule has 1 amide bonds. The van der Waals surface area contributed by atoms with E-state index in [0.29, 0.717) is 5.57 Å². The number of hydrogen-bond acceptors (Lipinski definition) is 2. The van der Waals surface area contributed by atoms with Gasteiger partial charge in [-0.3, -0.25) is 4.79 Å². The molecule has 0 aromatic rings. The lowest BCUT2D eigenvalue weighted by atomic mass is 10.0. The summed E-state index contributed by atoms with van der Waals surface area (Å²) < 4.78 is 0. The molecule has 3 nitrogen and oxygen atoms in total. The van der Waals surface area contributed by atoms with Crippen molar-refractivity contribution in [1.29, 1.82) is 0 Å². The molecule has 0 saturated heterocycles. The van der Waals surface area contributed by atoms with E-state index in [-0.39, 0.29) is 11.6 Å². The third-order valence-corrected chi connectivity index (χ3v) is 1.49. The van der Waals surface area contributed by atoms with Crippen LogP contribution in [0.25, 0.3) is 0 Å². The van der Waals surface area contributed by atoms with Crippen molar-refractivity contribution in [3.05, 3.63) is 12.2 Å². The highest BCUT2D eigenvalue weighted by atomic mass is 16.1. The molecule has 3 N–H and O–H groups in total. The maximum Gasteiger partial charge on any atom is 0.245 e. The third-order valence-electron chi connectivity index (χ3n) is 1.49. The number of hydrogen-bond donors (Lipinski definition) is 2. The molecule has 12 heavy (non-hydrogen) atoms. The van der Waals surface area contributed by atoms with E-state index in [0.717, 1.165) is 0 Å². The van der Waals surface area contributed by atoms with E-state index in [9.17, 15) is 4.79 Å². The van der Waals surface area contributed by atoms with Crippen molar-refractivity contribution in [2.24, 2.45) is 5.73 Å². The molecule has 0 spiro atoms. The lowest BCUT2D eigenvalue weighted by Crippen LogP contribution is -2.44. The molecule has 0 saturated carbocycles. The molecule has 0 aliphatic rings. The number of amides is 1. The zero-order valence-electron chi connectivity index (χ0n) is 8.27. The first kappa shape index (κ1) is 11.2. The predicted octanol–water partition coefficient (Wildman–Crippen LogP) is 0.804. The van der Waals surface area contributed by atoms with Gasteiger partial charge in [0, 0.05) is 17.2 Å². The summed E-state index contributed by atoms with van der Waals surface area (Å²) in [5.41, 5.74) is 5.47. The zero-order valence-corrected chi connectivity index (χ0v) is 8.27. The van der Waals surface area contributed by atoms with Crippen LogP contribution in [-0.2, 0) is 4.79 Å². The fraction of sp³-hybridized carbons (Fsp3) is 0.667. The SMILES string of the molecule is C=C(C(N)=O)C(C)NC(C)(C)C. The van der Waals surface area contributed by atoms with Crippen LogP contribution in [0.3, 0.4) is 0 Å². The summed E-state index contributed by atoms with van der Waals surface area (Å²) in [5, 5.41) is 3.20. The fourth-order valence-electron chi connectivity index (χ4n) is 0.950. The van der Waals surface area contributed by atoms with Crippen LogP contribution in [-0.4, -0.2) is 17.5 Å². The van der Waals surface area contributed by atoms with E-state index in [2.05, 4.69) is 11.9 Å². The summed E-state index contributed by atoms with van der Waals surface area (Å²) in [7, 11) is 0. The highest BCUT2D eigenvalue weighted by molar-refractivity contribution is 5.92. The Hall–Kier alpha value is -0.830. The van der Waals surface area contributed by atoms with Crippen LogP contribution in [0.4, 0.5) is 0 Å². The zero-order chi connectivity index (χ0) is 9.94. The molecule has 70 valence electrons. The van der Waals surface area contributed by atoms with E-state index in [4.69, 9.17) is 5.73 Å². The first-order valence-corrected chi connectivity index (χ1v) is 4.00. The second-order valence-corrected chi connectivity index (χ2v) is 4.01. The Bertz CT molecular complexity index is 191. The van der Waals surface area contributed by atoms with Gasteiger partial charge in [0.1, 0.15) is 0 Å². The lowest BCUT2D eigenvalue weighted by Gasteiger charge is -2.26. The maximum absolute atomic E-state index is 10.7. The Balaban J connectivity index is 4.14. The average molecular weight is 170 g/mol. The minimum absolute atomic E-state index is 0.0300. The minimum Gasteiger partial charge on any atom is -0.366 e. The van der Waals surface area contributed by atoms with Crippen molar-refractivity contribution in [2.75, 3.05) is 0 Å². The number of rotatable bonds is 3. The van der Waals surface area contributed by atoms with Crippen molar-refractivity contribution in [3.8, 4) is 0 Å². The van der Waals surface area contributed by atoms with E-state index in [1.165, 1.54) is 0 Å². The normalized spacial score (nSPS) is 14.0. The molecule has 0 aromatic carbocycles. The number of nitrogens with one attached hydrogen (secondary N) is 1. The van der Waals surface area contributed by atoms with Crippen LogP contribution >= 0.6 is 0 Å². The predicted molar refractivity (Wildman–Crippen MR) is 50.7 cm³/mol. The molecule has 0 heterocycles. The van der Waals surface area contributed by atoms with Crippen LogP contribution in [0.15, 0.2) is 12.2 Å². The molecule has 1 atom stereocenters. The number of carbonyl (C=O) groups is 1. The number of primary amides is 1. The Kier molecular flexibility index (Phi) is 3.46. The summed E-state index contributed by atoms with van der Waals surface area (Å²) in [4.78, 5) is 10.7. The van der Waals surface area contributed by atoms with Gasteiger partial charge in [0.05, 0.1) is 0 Å². The monoisotopic (exact) mass is 170 g/mol. The Labute approximate surface area is 74.0 Å². The van der Waals surface area contributed by atoms with E-state index in [1.54, 1.807) is 0 Å². The van der Waals surface area contributed by atoms with E-state index < -0.39 is 5.91 Å². The fourth-order valence-corrected chi connectivity index (χ4v) is 0.950. The van der Waals surface area contributed by atoms with Crippen LogP contribution in [0.2, 0.25) is 0 Å². The summed E-state index contributed by atoms with van der Waals surface area (Å²) >= 11 is 0. The summed E-state index contributed by atoms with van der Waals surface area (Å²) in [6.07, 6.45) is 0. The molecule has 0 rings (SSSR count). The van der Waals surface area contributed by atoms with Gasteiger partial charge in [-0.15, -0.1) is 0 Å². The highest BCUT2D eigenvalue weighted by Crippen LogP contribution is 2.05. The Morgan fingerprint density at radius 2 is 1.92 bits per heavy atom. The van der Waals surface area contributed by atoms with Gasteiger partial charge in [0.15, 0.2) is 0 Å². The van der Waals surface area contributed by atoms with Gasteiger partial charge >= 0.3 is 0 Å². The molecule has 0 aliphatic carbocycles. The van der Waals surface area contributed by atoms with Gasteiger partial charge in [-0.2, -0.15) is 0 Å². The number of carbonyl (C=O) groups excluding carboxylic acids is 1. The maximum atomic E-state index is 10.7. The molecular formula is C9H18N2O. The first-order valence-electron chi connectivity index (χ1n) is 4.00. The molecule has 1 unspecified atom stereocenters. The van der Waals surface area contributed by atoms with Crippen molar-refractivity contribution in [3.63, 3.8) is 0 Å². The second kappa shape index (κ2) is 3.72. The Morgan fingerprint density at radius 3 is 2.17 bits per heavy atom. The van der Waals surface area contributed by atoms with Crippen LogP contribution in [0, 0.1) is 0 Å². The molecule has 0 aromatic heterocycles. The standard InChI is InChI=1S/C9H18N2O/c1-6(8(10)12)7(2)11-9(3,4)5/h7,11H,1H2,2-5H3,(H2,10,12). The van der Waals surface area contributed by atoms with Gasteiger partial charge in [0.25, 0.3) is 0 Å². The van der Waals surface area contributed by atoms with Crippen molar-refractivity contribution < 1.29 is 4.79 Å². The molecular weight excluding hydrogens is 152 g/mol. The van der Waals surface area contributed by atoms with Crippen molar-refractivity contribution in [2.45, 2.75) is 39.3 Å². The van der Waals surface area contributed by atoms with Crippen molar-refractivity contribution >= 4 is 5.91 Å². The quantitative estimate of drug-likeness (QED) is 0.616. The molecule has 0 aliphatic heterocycles. The summed E-state index contributed by atoms with van der Waals surface area (Å²) in [6, 6.07) is -0.0671. The van der Waals surface area contributed by atoms with E-state index in [1.807, 2.05) is 27.7 Å². The topological polar surface area (TPSA) is 55.1 Å². The highest BCUT2D eigenvalue weighted by Gasteiger charge is 2.17. The summed E-state index contributed by atoms with van der Waals surface area (Å²) in [6.45, 7) is 11.6. The van der Waals surface area contributed by atoms with Gasteiger partial charge < -0.3 is 11.1 Å². The van der Waals surface area contributed by atoms with Crippen LogP contribution in [0.5, 0.6) is 0 Å². The largest absolute Gasteiger partial charge is 0.366 e.